The van der Waals surface area contributed by atoms with Gasteiger partial charge in [-0.3, -0.25) is 9.13 Å². The number of hydrogen-bond acceptors (Lipinski definition) is 5. The van der Waals surface area contributed by atoms with E-state index in [2.05, 4.69) is 0 Å². The van der Waals surface area contributed by atoms with E-state index in [0.717, 1.165) is 27.1 Å². The molecule has 0 unspecified atom stereocenters. The molecule has 0 fully saturated rings. The van der Waals surface area contributed by atoms with Crippen molar-refractivity contribution in [3.63, 3.8) is 0 Å². The first-order chi connectivity index (χ1) is 13.0. The molecule has 0 radical (unpaired) electrons. The summed E-state index contributed by atoms with van der Waals surface area (Å²) >= 11 is 2.17. The van der Waals surface area contributed by atoms with Gasteiger partial charge in [-0.2, -0.15) is 0 Å². The lowest BCUT2D eigenvalue weighted by Gasteiger charge is -2.27. The van der Waals surface area contributed by atoms with Crippen LogP contribution in [0.5, 0.6) is 0 Å². The van der Waals surface area contributed by atoms with Gasteiger partial charge in [0.05, 0.1) is 6.61 Å². The topological polar surface area (TPSA) is 135 Å². The molecule has 0 atom stereocenters. The Morgan fingerprint density at radius 3 is 1.39 bits per heavy atom. The maximum atomic E-state index is 11.8. The standard InChI is InChI=1S/C17H30O7P2S2/c1-5-11-13(7-3)16(28-17(25(19,20)21)26(22,23)24)14(8-4)12(6-2)15(11)27-10-9-18/h17-18H,5-10H2,1-4H3,(H2,19,20,21)(H2,22,23,24). The summed E-state index contributed by atoms with van der Waals surface area (Å²) < 4.78 is 21.6. The van der Waals surface area contributed by atoms with E-state index in [1.807, 2.05) is 27.7 Å². The molecule has 1 aromatic carbocycles. The molecule has 5 N–H and O–H groups in total. The Morgan fingerprint density at radius 1 is 0.750 bits per heavy atom. The molecule has 0 aliphatic carbocycles. The van der Waals surface area contributed by atoms with Crippen LogP contribution in [0.1, 0.15) is 49.9 Å². The van der Waals surface area contributed by atoms with Crippen molar-refractivity contribution in [2.45, 2.75) is 67.9 Å². The van der Waals surface area contributed by atoms with Crippen LogP contribution in [-0.4, -0.2) is 41.8 Å². The van der Waals surface area contributed by atoms with E-state index in [1.165, 1.54) is 0 Å². The monoisotopic (exact) mass is 472 g/mol. The molecule has 7 nitrogen and oxygen atoms in total. The third-order valence-electron chi connectivity index (χ3n) is 4.38. The molecule has 162 valence electrons. The molecule has 1 aromatic rings. The van der Waals surface area contributed by atoms with Crippen LogP contribution in [0.2, 0.25) is 0 Å². The number of aliphatic hydroxyl groups is 1. The van der Waals surface area contributed by atoms with Gasteiger partial charge in [-0.05, 0) is 47.9 Å². The van der Waals surface area contributed by atoms with E-state index >= 15 is 0 Å². The van der Waals surface area contributed by atoms with Gasteiger partial charge in [0.1, 0.15) is 0 Å². The predicted octanol–water partition coefficient (Wildman–Crippen LogP) is 3.75. The zero-order valence-electron chi connectivity index (χ0n) is 16.6. The zero-order chi connectivity index (χ0) is 21.7. The molecule has 0 aliphatic heterocycles. The van der Waals surface area contributed by atoms with Crippen molar-refractivity contribution in [1.29, 1.82) is 0 Å². The lowest BCUT2D eigenvalue weighted by Crippen LogP contribution is -2.11. The van der Waals surface area contributed by atoms with Gasteiger partial charge in [-0.15, -0.1) is 11.8 Å². The molecule has 0 aromatic heterocycles. The molecule has 1 rings (SSSR count). The Labute approximate surface area is 175 Å². The van der Waals surface area contributed by atoms with Crippen LogP contribution in [0.25, 0.3) is 0 Å². The molecular weight excluding hydrogens is 442 g/mol. The number of thioether (sulfide) groups is 2. The van der Waals surface area contributed by atoms with Crippen molar-refractivity contribution in [3.8, 4) is 0 Å². The third kappa shape index (κ3) is 6.10. The Hall–Kier alpha value is 0.180. The Kier molecular flexibility index (Phi) is 10.3. The van der Waals surface area contributed by atoms with Crippen molar-refractivity contribution in [1.82, 2.24) is 0 Å². The molecule has 11 heteroatoms. The second-order valence-corrected chi connectivity index (χ2v) is 12.9. The van der Waals surface area contributed by atoms with Crippen molar-refractivity contribution in [2.24, 2.45) is 0 Å². The summed E-state index contributed by atoms with van der Waals surface area (Å²) in [5.41, 5.74) is 3.78. The second-order valence-electron chi connectivity index (χ2n) is 6.18. The van der Waals surface area contributed by atoms with E-state index in [-0.39, 0.29) is 6.61 Å². The Balaban J connectivity index is 3.82. The Morgan fingerprint density at radius 2 is 1.11 bits per heavy atom. The van der Waals surface area contributed by atoms with E-state index in [4.69, 9.17) is 0 Å². The summed E-state index contributed by atoms with van der Waals surface area (Å²) in [6, 6.07) is 0. The van der Waals surface area contributed by atoms with Gasteiger partial charge in [-0.1, -0.05) is 39.5 Å². The first-order valence-electron chi connectivity index (χ1n) is 9.17. The molecule has 0 amide bonds. The molecule has 0 heterocycles. The highest BCUT2D eigenvalue weighted by Crippen LogP contribution is 2.66. The molecule has 0 bridgehead atoms. The number of benzene rings is 1. The molecule has 0 saturated carbocycles. The molecule has 0 spiro atoms. The molecular formula is C17H30O7P2S2. The summed E-state index contributed by atoms with van der Waals surface area (Å²) in [7, 11) is -10.1. The van der Waals surface area contributed by atoms with Crippen LogP contribution < -0.4 is 0 Å². The van der Waals surface area contributed by atoms with Gasteiger partial charge < -0.3 is 24.7 Å². The van der Waals surface area contributed by atoms with Crippen molar-refractivity contribution >= 4 is 38.7 Å². The van der Waals surface area contributed by atoms with Crippen LogP contribution in [0.3, 0.4) is 0 Å². The van der Waals surface area contributed by atoms with E-state index in [9.17, 15) is 33.8 Å². The highest BCUT2D eigenvalue weighted by atomic mass is 32.2. The SMILES string of the molecule is CCc1c(CC)c(SC(P(=O)(O)O)P(=O)(O)O)c(CC)c(CC)c1SCCO. The molecule has 0 aliphatic rings. The fourth-order valence-electron chi connectivity index (χ4n) is 3.31. The first-order valence-corrected chi connectivity index (χ1v) is 14.4. The van der Waals surface area contributed by atoms with Gasteiger partial charge in [0, 0.05) is 15.5 Å². The number of rotatable bonds is 11. The van der Waals surface area contributed by atoms with Gasteiger partial charge in [0.25, 0.3) is 0 Å². The van der Waals surface area contributed by atoms with Gasteiger partial charge in [0.15, 0.2) is 0 Å². The number of hydrogen-bond donors (Lipinski definition) is 5. The summed E-state index contributed by atoms with van der Waals surface area (Å²) in [5.74, 6) is 0.534. The predicted molar refractivity (Wildman–Crippen MR) is 115 cm³/mol. The fraction of sp³-hybridized carbons (Fsp3) is 0.647. The zero-order valence-corrected chi connectivity index (χ0v) is 20.0. The summed E-state index contributed by atoms with van der Waals surface area (Å²) in [6.45, 7) is 7.86. The lowest BCUT2D eigenvalue weighted by atomic mass is 9.92. The van der Waals surface area contributed by atoms with Gasteiger partial charge in [0.2, 0.25) is 4.73 Å². The van der Waals surface area contributed by atoms with Gasteiger partial charge >= 0.3 is 15.2 Å². The van der Waals surface area contributed by atoms with Crippen LogP contribution in [-0.2, 0) is 34.8 Å². The van der Waals surface area contributed by atoms with E-state index < -0.39 is 19.9 Å². The first kappa shape index (κ1) is 26.2. The van der Waals surface area contributed by atoms with Crippen molar-refractivity contribution in [2.75, 3.05) is 12.4 Å². The fourth-order valence-corrected chi connectivity index (χ4v) is 8.82. The van der Waals surface area contributed by atoms with Crippen molar-refractivity contribution < 1.29 is 33.8 Å². The number of aliphatic hydroxyl groups excluding tert-OH is 1. The molecule has 28 heavy (non-hydrogen) atoms. The lowest BCUT2D eigenvalue weighted by molar-refractivity contribution is 0.322. The van der Waals surface area contributed by atoms with Crippen molar-refractivity contribution in [3.05, 3.63) is 22.3 Å². The minimum absolute atomic E-state index is 0.0366. The average molecular weight is 473 g/mol. The largest absolute Gasteiger partial charge is 0.396 e. The van der Waals surface area contributed by atoms with E-state index in [1.54, 1.807) is 11.8 Å². The van der Waals surface area contributed by atoms with E-state index in [0.29, 0.717) is 48.1 Å². The average Bonchev–Trinajstić information content (AvgIpc) is 2.60. The maximum absolute atomic E-state index is 11.8. The van der Waals surface area contributed by atoms with Crippen LogP contribution >= 0.6 is 38.7 Å². The van der Waals surface area contributed by atoms with Gasteiger partial charge in [-0.25, -0.2) is 0 Å². The normalized spacial score (nSPS) is 12.8. The summed E-state index contributed by atoms with van der Waals surface area (Å²) in [5, 5.41) is 9.26. The second kappa shape index (κ2) is 11.0. The molecule has 0 saturated heterocycles. The van der Waals surface area contributed by atoms with Crippen LogP contribution in [0, 0.1) is 0 Å². The highest BCUT2D eigenvalue weighted by molar-refractivity contribution is 8.12. The van der Waals surface area contributed by atoms with Crippen LogP contribution in [0.15, 0.2) is 9.79 Å². The minimum Gasteiger partial charge on any atom is -0.396 e. The quantitative estimate of drug-likeness (QED) is 0.241. The minimum atomic E-state index is -5.04. The summed E-state index contributed by atoms with van der Waals surface area (Å²) in [4.78, 5) is 40.0. The maximum Gasteiger partial charge on any atom is 0.351 e. The summed E-state index contributed by atoms with van der Waals surface area (Å²) in [6.07, 6.45) is 2.50. The Bertz CT molecular complexity index is 718. The third-order valence-corrected chi connectivity index (χ3v) is 11.7. The highest BCUT2D eigenvalue weighted by Gasteiger charge is 2.45. The van der Waals surface area contributed by atoms with Crippen LogP contribution in [0.4, 0.5) is 0 Å². The smallest absolute Gasteiger partial charge is 0.351 e.